The van der Waals surface area contributed by atoms with E-state index in [2.05, 4.69) is 0 Å². The van der Waals surface area contributed by atoms with Crippen LogP contribution in [0, 0.1) is 11.8 Å². The summed E-state index contributed by atoms with van der Waals surface area (Å²) in [5.41, 5.74) is 6.21. The van der Waals surface area contributed by atoms with Crippen LogP contribution in [0.25, 0.3) is 0 Å². The van der Waals surface area contributed by atoms with Gasteiger partial charge in [-0.05, 0) is 50.3 Å². The van der Waals surface area contributed by atoms with E-state index in [4.69, 9.17) is 28.9 Å². The van der Waals surface area contributed by atoms with Crippen LogP contribution >= 0.6 is 23.2 Å². The van der Waals surface area contributed by atoms with Crippen LogP contribution in [0.4, 0.5) is 0 Å². The van der Waals surface area contributed by atoms with Crippen molar-refractivity contribution in [3.8, 4) is 0 Å². The Balaban J connectivity index is 2.10. The molecule has 0 amide bonds. The standard InChI is InChI=1S/C14H17Cl2NO/c15-12-3-1-2-11(13(12)16)14(18)10-6-4-9(8-17)5-7-10/h1-3,9-10H,4-8,17H2. The van der Waals surface area contributed by atoms with Gasteiger partial charge in [-0.15, -0.1) is 0 Å². The lowest BCUT2D eigenvalue weighted by atomic mass is 9.78. The molecule has 2 N–H and O–H groups in total. The minimum Gasteiger partial charge on any atom is -0.330 e. The maximum absolute atomic E-state index is 12.4. The van der Waals surface area contributed by atoms with Gasteiger partial charge in [0.15, 0.2) is 5.78 Å². The Morgan fingerprint density at radius 3 is 2.50 bits per heavy atom. The first-order valence-corrected chi connectivity index (χ1v) is 7.07. The van der Waals surface area contributed by atoms with Gasteiger partial charge < -0.3 is 5.73 Å². The summed E-state index contributed by atoms with van der Waals surface area (Å²) in [6.45, 7) is 0.721. The van der Waals surface area contributed by atoms with E-state index in [0.29, 0.717) is 21.5 Å². The second-order valence-corrected chi connectivity index (χ2v) is 5.70. The third-order valence-corrected chi connectivity index (χ3v) is 4.59. The molecule has 1 fully saturated rings. The molecule has 0 aromatic heterocycles. The normalized spacial score (nSPS) is 23.9. The summed E-state index contributed by atoms with van der Waals surface area (Å²) in [7, 11) is 0. The number of benzene rings is 1. The van der Waals surface area contributed by atoms with Gasteiger partial charge in [-0.25, -0.2) is 0 Å². The van der Waals surface area contributed by atoms with Crippen molar-refractivity contribution in [2.45, 2.75) is 25.7 Å². The van der Waals surface area contributed by atoms with Gasteiger partial charge in [0.05, 0.1) is 10.0 Å². The zero-order chi connectivity index (χ0) is 13.1. The summed E-state index contributed by atoms with van der Waals surface area (Å²) in [5, 5.41) is 0.822. The molecule has 1 aliphatic carbocycles. The highest BCUT2D eigenvalue weighted by molar-refractivity contribution is 6.43. The Labute approximate surface area is 117 Å². The van der Waals surface area contributed by atoms with E-state index in [-0.39, 0.29) is 11.7 Å². The van der Waals surface area contributed by atoms with E-state index in [1.807, 2.05) is 0 Å². The van der Waals surface area contributed by atoms with Crippen LogP contribution in [0.15, 0.2) is 18.2 Å². The lowest BCUT2D eigenvalue weighted by molar-refractivity contribution is 0.0873. The highest BCUT2D eigenvalue weighted by Gasteiger charge is 2.27. The highest BCUT2D eigenvalue weighted by atomic mass is 35.5. The number of rotatable bonds is 3. The lowest BCUT2D eigenvalue weighted by Gasteiger charge is -2.26. The van der Waals surface area contributed by atoms with E-state index in [1.54, 1.807) is 18.2 Å². The summed E-state index contributed by atoms with van der Waals surface area (Å²) in [6.07, 6.45) is 3.88. The van der Waals surface area contributed by atoms with Crippen molar-refractivity contribution >= 4 is 29.0 Å². The average molecular weight is 286 g/mol. The molecule has 0 radical (unpaired) electrons. The van der Waals surface area contributed by atoms with Crippen molar-refractivity contribution in [1.29, 1.82) is 0 Å². The summed E-state index contributed by atoms with van der Waals surface area (Å²) >= 11 is 12.0. The molecule has 1 aliphatic rings. The van der Waals surface area contributed by atoms with Crippen LogP contribution in [-0.2, 0) is 0 Å². The molecule has 0 bridgehead atoms. The van der Waals surface area contributed by atoms with Crippen LogP contribution in [0.3, 0.4) is 0 Å². The number of nitrogens with two attached hydrogens (primary N) is 1. The molecule has 2 nitrogen and oxygen atoms in total. The predicted molar refractivity (Wildman–Crippen MR) is 75.3 cm³/mol. The summed E-state index contributed by atoms with van der Waals surface area (Å²) < 4.78 is 0. The van der Waals surface area contributed by atoms with Gasteiger partial charge in [-0.1, -0.05) is 29.3 Å². The van der Waals surface area contributed by atoms with Crippen molar-refractivity contribution in [3.05, 3.63) is 33.8 Å². The molecule has 98 valence electrons. The molecule has 18 heavy (non-hydrogen) atoms. The van der Waals surface area contributed by atoms with Gasteiger partial charge in [-0.2, -0.15) is 0 Å². The quantitative estimate of drug-likeness (QED) is 0.855. The Hall–Kier alpha value is -0.570. The molecule has 0 saturated heterocycles. The topological polar surface area (TPSA) is 43.1 Å². The number of Topliss-reactive ketones (excluding diaryl/α,β-unsaturated/α-hetero) is 1. The maximum atomic E-state index is 12.4. The SMILES string of the molecule is NCC1CCC(C(=O)c2cccc(Cl)c2Cl)CC1. The highest BCUT2D eigenvalue weighted by Crippen LogP contribution is 2.33. The summed E-state index contributed by atoms with van der Waals surface area (Å²) in [6, 6.07) is 5.23. The third kappa shape index (κ3) is 2.87. The van der Waals surface area contributed by atoms with Crippen LogP contribution in [0.5, 0.6) is 0 Å². The molecule has 0 atom stereocenters. The largest absolute Gasteiger partial charge is 0.330 e. The molecule has 0 spiro atoms. The van der Waals surface area contributed by atoms with Crippen LogP contribution in [-0.4, -0.2) is 12.3 Å². The zero-order valence-electron chi connectivity index (χ0n) is 10.2. The van der Waals surface area contributed by atoms with Crippen molar-refractivity contribution in [2.75, 3.05) is 6.54 Å². The summed E-state index contributed by atoms with van der Waals surface area (Å²) in [4.78, 5) is 12.4. The zero-order valence-corrected chi connectivity index (χ0v) is 11.7. The molecular weight excluding hydrogens is 269 g/mol. The first-order chi connectivity index (χ1) is 8.63. The van der Waals surface area contributed by atoms with E-state index in [9.17, 15) is 4.79 Å². The smallest absolute Gasteiger partial charge is 0.167 e. The molecule has 0 heterocycles. The molecular formula is C14H17Cl2NO. The van der Waals surface area contributed by atoms with E-state index in [1.165, 1.54) is 0 Å². The van der Waals surface area contributed by atoms with Crippen LogP contribution in [0.2, 0.25) is 10.0 Å². The molecule has 1 aromatic carbocycles. The van der Waals surface area contributed by atoms with Gasteiger partial charge in [0.2, 0.25) is 0 Å². The molecule has 0 unspecified atom stereocenters. The Morgan fingerprint density at radius 2 is 1.89 bits per heavy atom. The number of hydrogen-bond acceptors (Lipinski definition) is 2. The number of ketones is 1. The first-order valence-electron chi connectivity index (χ1n) is 6.31. The first kappa shape index (κ1) is 13.9. The van der Waals surface area contributed by atoms with Crippen molar-refractivity contribution < 1.29 is 4.79 Å². The van der Waals surface area contributed by atoms with Gasteiger partial charge in [-0.3, -0.25) is 4.79 Å². The minimum absolute atomic E-state index is 0.0729. The molecule has 4 heteroatoms. The number of hydrogen-bond donors (Lipinski definition) is 1. The fraction of sp³-hybridized carbons (Fsp3) is 0.500. The second-order valence-electron chi connectivity index (χ2n) is 4.92. The Morgan fingerprint density at radius 1 is 1.22 bits per heavy atom. The van der Waals surface area contributed by atoms with Crippen LogP contribution in [0.1, 0.15) is 36.0 Å². The van der Waals surface area contributed by atoms with E-state index >= 15 is 0 Å². The molecule has 2 rings (SSSR count). The van der Waals surface area contributed by atoms with Gasteiger partial charge in [0.1, 0.15) is 0 Å². The maximum Gasteiger partial charge on any atom is 0.167 e. The van der Waals surface area contributed by atoms with Crippen molar-refractivity contribution in [2.24, 2.45) is 17.6 Å². The van der Waals surface area contributed by atoms with Crippen molar-refractivity contribution in [1.82, 2.24) is 0 Å². The third-order valence-electron chi connectivity index (χ3n) is 3.77. The number of carbonyl (C=O) groups excluding carboxylic acids is 1. The summed E-state index contributed by atoms with van der Waals surface area (Å²) in [5.74, 6) is 0.769. The molecule has 0 aliphatic heterocycles. The minimum atomic E-state index is 0.0729. The number of halogens is 2. The molecule has 1 saturated carbocycles. The number of carbonyl (C=O) groups is 1. The van der Waals surface area contributed by atoms with Gasteiger partial charge >= 0.3 is 0 Å². The van der Waals surface area contributed by atoms with Gasteiger partial charge in [0, 0.05) is 11.5 Å². The van der Waals surface area contributed by atoms with E-state index < -0.39 is 0 Å². The van der Waals surface area contributed by atoms with Crippen LogP contribution < -0.4 is 5.73 Å². The predicted octanol–water partition coefficient (Wildman–Crippen LogP) is 3.94. The van der Waals surface area contributed by atoms with E-state index in [0.717, 1.165) is 32.2 Å². The van der Waals surface area contributed by atoms with Gasteiger partial charge in [0.25, 0.3) is 0 Å². The molecule has 1 aromatic rings. The lowest BCUT2D eigenvalue weighted by Crippen LogP contribution is -2.26. The Bertz CT molecular complexity index is 439. The average Bonchev–Trinajstić information content (AvgIpc) is 2.41. The monoisotopic (exact) mass is 285 g/mol. The Kier molecular flexibility index (Phi) is 4.66. The fourth-order valence-corrected chi connectivity index (χ4v) is 2.97. The second kappa shape index (κ2) is 6.05. The van der Waals surface area contributed by atoms with Crippen molar-refractivity contribution in [3.63, 3.8) is 0 Å². The fourth-order valence-electron chi connectivity index (χ4n) is 2.57.